The SMILES string of the molecule is CCC(=O)NC1CCN(S(=O)(=O)c2cc([N+](=O)[O-])c(F)cc2C)C1. The Morgan fingerprint density at radius 3 is 2.75 bits per heavy atom. The molecule has 1 saturated heterocycles. The summed E-state index contributed by atoms with van der Waals surface area (Å²) in [5, 5.41) is 13.6. The molecule has 2 rings (SSSR count). The molecule has 0 aliphatic carbocycles. The highest BCUT2D eigenvalue weighted by Gasteiger charge is 2.35. The topological polar surface area (TPSA) is 110 Å². The van der Waals surface area contributed by atoms with Crippen molar-refractivity contribution in [2.45, 2.75) is 37.6 Å². The van der Waals surface area contributed by atoms with Crippen molar-refractivity contribution in [2.75, 3.05) is 13.1 Å². The van der Waals surface area contributed by atoms with Crippen LogP contribution in [0, 0.1) is 22.9 Å². The van der Waals surface area contributed by atoms with Crippen molar-refractivity contribution < 1.29 is 22.5 Å². The van der Waals surface area contributed by atoms with Gasteiger partial charge in [0.1, 0.15) is 0 Å². The van der Waals surface area contributed by atoms with Gasteiger partial charge in [0.25, 0.3) is 0 Å². The highest BCUT2D eigenvalue weighted by molar-refractivity contribution is 7.89. The molecule has 132 valence electrons. The van der Waals surface area contributed by atoms with Crippen molar-refractivity contribution in [3.05, 3.63) is 33.6 Å². The molecule has 1 fully saturated rings. The van der Waals surface area contributed by atoms with Crippen molar-refractivity contribution in [1.29, 1.82) is 0 Å². The van der Waals surface area contributed by atoms with Gasteiger partial charge in [-0.3, -0.25) is 14.9 Å². The molecule has 0 radical (unpaired) electrons. The van der Waals surface area contributed by atoms with Crippen molar-refractivity contribution in [3.8, 4) is 0 Å². The number of hydrogen-bond donors (Lipinski definition) is 1. The number of amides is 1. The minimum absolute atomic E-state index is 0.0820. The Morgan fingerprint density at radius 1 is 1.50 bits per heavy atom. The molecule has 1 aromatic rings. The first kappa shape index (κ1) is 18.3. The van der Waals surface area contributed by atoms with E-state index >= 15 is 0 Å². The number of aryl methyl sites for hydroxylation is 1. The standard InChI is InChI=1S/C14H18FN3O5S/c1-3-14(19)16-10-4-5-17(8-10)24(22,23)13-7-12(18(20)21)11(15)6-9(13)2/h6-7,10H,3-5,8H2,1-2H3,(H,16,19). The van der Waals surface area contributed by atoms with Gasteiger partial charge in [-0.1, -0.05) is 6.92 Å². The summed E-state index contributed by atoms with van der Waals surface area (Å²) >= 11 is 0. The number of carbonyl (C=O) groups excluding carboxylic acids is 1. The van der Waals surface area contributed by atoms with Gasteiger partial charge in [0.2, 0.25) is 21.7 Å². The Balaban J connectivity index is 2.30. The van der Waals surface area contributed by atoms with Crippen molar-refractivity contribution in [1.82, 2.24) is 9.62 Å². The minimum atomic E-state index is -4.01. The fourth-order valence-electron chi connectivity index (χ4n) is 2.59. The molecule has 1 unspecified atom stereocenters. The summed E-state index contributed by atoms with van der Waals surface area (Å²) in [4.78, 5) is 21.0. The molecular formula is C14H18FN3O5S. The van der Waals surface area contributed by atoms with Crippen molar-refractivity contribution in [2.24, 2.45) is 0 Å². The third-order valence-electron chi connectivity index (χ3n) is 3.90. The van der Waals surface area contributed by atoms with Crippen LogP contribution in [0.4, 0.5) is 10.1 Å². The van der Waals surface area contributed by atoms with Gasteiger partial charge >= 0.3 is 5.69 Å². The van der Waals surface area contributed by atoms with Crippen LogP contribution in [-0.2, 0) is 14.8 Å². The summed E-state index contributed by atoms with van der Waals surface area (Å²) < 4.78 is 40.2. The van der Waals surface area contributed by atoms with E-state index < -0.39 is 26.5 Å². The van der Waals surface area contributed by atoms with E-state index in [0.29, 0.717) is 12.8 Å². The van der Waals surface area contributed by atoms with Gasteiger partial charge in [0.15, 0.2) is 0 Å². The predicted molar refractivity (Wildman–Crippen MR) is 83.4 cm³/mol. The van der Waals surface area contributed by atoms with Crippen LogP contribution in [0.2, 0.25) is 0 Å². The second-order valence-corrected chi connectivity index (χ2v) is 7.50. The fourth-order valence-corrected chi connectivity index (χ4v) is 4.32. The lowest BCUT2D eigenvalue weighted by Crippen LogP contribution is -2.38. The van der Waals surface area contributed by atoms with E-state index in [1.807, 2.05) is 0 Å². The number of nitrogens with one attached hydrogen (secondary N) is 1. The molecule has 1 heterocycles. The summed E-state index contributed by atoms with van der Waals surface area (Å²) in [5.41, 5.74) is -0.784. The van der Waals surface area contributed by atoms with Gasteiger partial charge in [-0.25, -0.2) is 8.42 Å². The zero-order valence-corrected chi connectivity index (χ0v) is 14.1. The molecule has 1 aromatic carbocycles. The molecule has 0 saturated carbocycles. The van der Waals surface area contributed by atoms with E-state index in [-0.39, 0.29) is 35.5 Å². The lowest BCUT2D eigenvalue weighted by molar-refractivity contribution is -0.387. The van der Waals surface area contributed by atoms with E-state index in [1.54, 1.807) is 6.92 Å². The molecule has 1 atom stereocenters. The zero-order chi connectivity index (χ0) is 18.1. The average Bonchev–Trinajstić information content (AvgIpc) is 2.95. The van der Waals surface area contributed by atoms with E-state index in [1.165, 1.54) is 6.92 Å². The number of carbonyl (C=O) groups is 1. The summed E-state index contributed by atoms with van der Waals surface area (Å²) in [6.07, 6.45) is 0.750. The smallest absolute Gasteiger partial charge is 0.306 e. The van der Waals surface area contributed by atoms with Crippen molar-refractivity contribution >= 4 is 21.6 Å². The molecule has 0 bridgehead atoms. The van der Waals surface area contributed by atoms with Gasteiger partial charge in [-0.05, 0) is 25.0 Å². The van der Waals surface area contributed by atoms with Crippen LogP contribution in [0.5, 0.6) is 0 Å². The molecule has 8 nitrogen and oxygen atoms in total. The molecular weight excluding hydrogens is 341 g/mol. The first-order chi connectivity index (χ1) is 11.2. The largest absolute Gasteiger partial charge is 0.352 e. The lowest BCUT2D eigenvalue weighted by atomic mass is 10.2. The van der Waals surface area contributed by atoms with Gasteiger partial charge < -0.3 is 5.32 Å². The van der Waals surface area contributed by atoms with Crippen LogP contribution in [0.15, 0.2) is 17.0 Å². The van der Waals surface area contributed by atoms with E-state index in [4.69, 9.17) is 0 Å². The van der Waals surface area contributed by atoms with Crippen LogP contribution in [0.1, 0.15) is 25.3 Å². The quantitative estimate of drug-likeness (QED) is 0.630. The molecule has 1 amide bonds. The number of nitrogens with zero attached hydrogens (tertiary/aromatic N) is 2. The summed E-state index contributed by atoms with van der Waals surface area (Å²) in [6, 6.07) is 1.29. The van der Waals surface area contributed by atoms with Crippen molar-refractivity contribution in [3.63, 3.8) is 0 Å². The first-order valence-electron chi connectivity index (χ1n) is 7.40. The number of nitro benzene ring substituents is 1. The monoisotopic (exact) mass is 359 g/mol. The normalized spacial score (nSPS) is 18.5. The van der Waals surface area contributed by atoms with E-state index in [9.17, 15) is 27.7 Å². The number of sulfonamides is 1. The Labute approximate surface area is 138 Å². The minimum Gasteiger partial charge on any atom is -0.352 e. The van der Waals surface area contributed by atoms with Gasteiger partial charge in [-0.2, -0.15) is 8.70 Å². The first-order valence-corrected chi connectivity index (χ1v) is 8.84. The molecule has 1 aliphatic rings. The van der Waals surface area contributed by atoms with E-state index in [2.05, 4.69) is 5.32 Å². The Bertz CT molecular complexity index is 781. The second kappa shape index (κ2) is 6.81. The number of hydrogen-bond acceptors (Lipinski definition) is 5. The molecule has 1 N–H and O–H groups in total. The molecule has 0 spiro atoms. The van der Waals surface area contributed by atoms with Crippen LogP contribution >= 0.6 is 0 Å². The Hall–Kier alpha value is -2.07. The lowest BCUT2D eigenvalue weighted by Gasteiger charge is -2.18. The summed E-state index contributed by atoms with van der Waals surface area (Å²) in [6.45, 7) is 3.34. The Morgan fingerprint density at radius 2 is 2.17 bits per heavy atom. The highest BCUT2D eigenvalue weighted by atomic mass is 32.2. The van der Waals surface area contributed by atoms with Crippen LogP contribution in [0.3, 0.4) is 0 Å². The van der Waals surface area contributed by atoms with Crippen LogP contribution in [-0.4, -0.2) is 42.7 Å². The fraction of sp³-hybridized carbons (Fsp3) is 0.500. The third kappa shape index (κ3) is 3.54. The van der Waals surface area contributed by atoms with E-state index in [0.717, 1.165) is 16.4 Å². The molecule has 1 aliphatic heterocycles. The summed E-state index contributed by atoms with van der Waals surface area (Å²) in [7, 11) is -4.01. The Kier molecular flexibility index (Phi) is 5.19. The van der Waals surface area contributed by atoms with Gasteiger partial charge in [-0.15, -0.1) is 0 Å². The summed E-state index contributed by atoms with van der Waals surface area (Å²) in [5.74, 6) is -1.25. The number of nitro groups is 1. The van der Waals surface area contributed by atoms with Crippen LogP contribution in [0.25, 0.3) is 0 Å². The second-order valence-electron chi connectivity index (χ2n) is 5.60. The van der Waals surface area contributed by atoms with Crippen LogP contribution < -0.4 is 5.32 Å². The zero-order valence-electron chi connectivity index (χ0n) is 13.3. The molecule has 10 heteroatoms. The highest BCUT2D eigenvalue weighted by Crippen LogP contribution is 2.29. The van der Waals surface area contributed by atoms with Gasteiger partial charge in [0.05, 0.1) is 9.82 Å². The molecule has 24 heavy (non-hydrogen) atoms. The maximum absolute atomic E-state index is 13.6. The predicted octanol–water partition coefficient (Wildman–Crippen LogP) is 1.33. The molecule has 0 aromatic heterocycles. The van der Waals surface area contributed by atoms with Gasteiger partial charge in [0, 0.05) is 31.6 Å². The number of halogens is 1. The third-order valence-corrected chi connectivity index (χ3v) is 5.90. The average molecular weight is 359 g/mol. The maximum atomic E-state index is 13.6. The number of rotatable bonds is 5. The maximum Gasteiger partial charge on any atom is 0.306 e. The number of benzene rings is 1.